The van der Waals surface area contributed by atoms with Gasteiger partial charge in [0.15, 0.2) is 0 Å². The fraction of sp³-hybridized carbons (Fsp3) is 0.245. The molecule has 6 aromatic carbocycles. The number of halogens is 8. The Morgan fingerprint density at radius 2 is 0.677 bits per heavy atom. The van der Waals surface area contributed by atoms with Crippen LogP contribution in [0.5, 0.6) is 0 Å². The molecule has 6 aromatic rings. The lowest BCUT2D eigenvalue weighted by molar-refractivity contribution is -0.340. The van der Waals surface area contributed by atoms with E-state index in [9.17, 15) is 13.2 Å². The van der Waals surface area contributed by atoms with Crippen LogP contribution < -0.4 is 0 Å². The second-order valence-corrected chi connectivity index (χ2v) is 24.2. The molecule has 0 aliphatic carbocycles. The van der Waals surface area contributed by atoms with Gasteiger partial charge in [0.2, 0.25) is 0 Å². The summed E-state index contributed by atoms with van der Waals surface area (Å²) < 4.78 is 169. The number of rotatable bonds is 14. The highest BCUT2D eigenvalue weighted by molar-refractivity contribution is 8.33. The van der Waals surface area contributed by atoms with Crippen molar-refractivity contribution in [1.29, 1.82) is 0 Å². The minimum absolute atomic E-state index is 0.0277. The molecule has 346 valence electrons. The third kappa shape index (κ3) is 8.70. The van der Waals surface area contributed by atoms with Crippen molar-refractivity contribution >= 4 is 36.7 Å². The van der Waals surface area contributed by atoms with Crippen molar-refractivity contribution in [2.45, 2.75) is 105 Å². The van der Waals surface area contributed by atoms with E-state index in [0.29, 0.717) is 5.56 Å². The van der Waals surface area contributed by atoms with Gasteiger partial charge in [0.25, 0.3) is 0 Å². The fourth-order valence-electron chi connectivity index (χ4n) is 6.83. The summed E-state index contributed by atoms with van der Waals surface area (Å²) >= 11 is 0. The van der Waals surface area contributed by atoms with Crippen LogP contribution in [0.3, 0.4) is 0 Å². The third-order valence-corrected chi connectivity index (χ3v) is 19.0. The van der Waals surface area contributed by atoms with Gasteiger partial charge >= 0.3 is 39.1 Å². The summed E-state index contributed by atoms with van der Waals surface area (Å²) in [7, 11) is -15.5. The Kier molecular flexibility index (Phi) is 13.3. The van der Waals surface area contributed by atoms with Crippen molar-refractivity contribution in [3.05, 3.63) is 181 Å². The molecule has 0 aliphatic heterocycles. The van der Waals surface area contributed by atoms with Crippen LogP contribution in [0.2, 0.25) is 0 Å². The van der Waals surface area contributed by atoms with E-state index < -0.39 is 70.6 Å². The van der Waals surface area contributed by atoms with Crippen molar-refractivity contribution in [3.8, 4) is 0 Å². The summed E-state index contributed by atoms with van der Waals surface area (Å²) in [5, 5.41) is -7.13. The van der Waals surface area contributed by atoms with Crippen LogP contribution in [-0.4, -0.2) is 37.4 Å². The number of carbonyl (C=O) groups excluding carboxylic acids is 1. The molecule has 0 amide bonds. The van der Waals surface area contributed by atoms with Gasteiger partial charge in [0, 0.05) is 29.4 Å². The van der Waals surface area contributed by atoms with E-state index in [4.69, 9.17) is 7.81 Å². The molecule has 0 radical (unpaired) electrons. The zero-order chi connectivity index (χ0) is 47.9. The van der Waals surface area contributed by atoms with E-state index in [-0.39, 0.29) is 29.4 Å². The first-order chi connectivity index (χ1) is 30.2. The van der Waals surface area contributed by atoms with Crippen LogP contribution in [0, 0.1) is 0 Å². The predicted octanol–water partition coefficient (Wildman–Crippen LogP) is 14.8. The summed E-state index contributed by atoms with van der Waals surface area (Å²) in [5.41, 5.74) is 0.451. The van der Waals surface area contributed by atoms with E-state index in [0.717, 1.165) is 5.56 Å². The fourth-order valence-corrected chi connectivity index (χ4v) is 15.1. The molecule has 0 bridgehead atoms. The summed E-state index contributed by atoms with van der Waals surface area (Å²) in [6.07, 6.45) is 0. The quantitative estimate of drug-likeness (QED) is 0.102. The maximum atomic E-state index is 16.4. The smallest absolute Gasteiger partial charge is 0.397 e. The minimum Gasteiger partial charge on any atom is -0.397 e. The van der Waals surface area contributed by atoms with Crippen LogP contribution in [0.4, 0.5) is 35.1 Å². The Morgan fingerprint density at radius 3 is 0.985 bits per heavy atom. The van der Waals surface area contributed by atoms with Gasteiger partial charge in [0.1, 0.15) is 0 Å². The summed E-state index contributed by atoms with van der Waals surface area (Å²) in [5.74, 6) is -25.1. The summed E-state index contributed by atoms with van der Waals surface area (Å²) in [6, 6.07) is 39.2. The Labute approximate surface area is 377 Å². The normalized spacial score (nSPS) is 14.1. The van der Waals surface area contributed by atoms with Gasteiger partial charge in [-0.1, -0.05) is 139 Å². The first-order valence-corrected chi connectivity index (χ1v) is 24.5. The Balaban J connectivity index is 1.48. The van der Waals surface area contributed by atoms with E-state index in [2.05, 4.69) is 0 Å². The van der Waals surface area contributed by atoms with Crippen molar-refractivity contribution in [3.63, 3.8) is 0 Å². The molecule has 5 nitrogen and oxygen atoms in total. The number of benzene rings is 6. The Bertz CT molecular complexity index is 2610. The number of hydrogen-bond donors (Lipinski definition) is 0. The highest BCUT2D eigenvalue weighted by atomic mass is 32.3. The van der Waals surface area contributed by atoms with Gasteiger partial charge in [-0.2, -0.15) is 43.5 Å². The van der Waals surface area contributed by atoms with Crippen LogP contribution >= 0.6 is 20.6 Å². The van der Waals surface area contributed by atoms with Crippen molar-refractivity contribution < 1.29 is 56.1 Å². The van der Waals surface area contributed by atoms with E-state index in [1.165, 1.54) is 158 Å². The van der Waals surface area contributed by atoms with Gasteiger partial charge < -0.3 is 4.18 Å². The van der Waals surface area contributed by atoms with Crippen LogP contribution in [0.25, 0.3) is 0 Å². The number of alkyl halides is 8. The molecule has 0 N–H and O–H groups in total. The Morgan fingerprint density at radius 1 is 0.400 bits per heavy atom. The lowest BCUT2D eigenvalue weighted by Crippen LogP contribution is -2.66. The maximum absolute atomic E-state index is 16.4. The SMILES string of the molecule is CC(C)(C)c1ccc(S(OC(=O)C(F)(F)C(F)(F)C(F)(F)C(F)(F)S(=O)(=O)OS(c2ccccc2)(c2ccccc2)c2ccc(C(C)(C)C)cc2)(c2ccccc2)c2ccccc2)cc1. The molecule has 16 heteroatoms. The highest BCUT2D eigenvalue weighted by Gasteiger charge is 2.87. The number of hydrogen-bond acceptors (Lipinski definition) is 5. The van der Waals surface area contributed by atoms with Gasteiger partial charge in [-0.3, -0.25) is 0 Å². The van der Waals surface area contributed by atoms with Gasteiger partial charge in [-0.15, -0.1) is 0 Å². The average Bonchev–Trinajstić information content (AvgIpc) is 3.27. The van der Waals surface area contributed by atoms with Gasteiger partial charge in [0.05, 0.1) is 0 Å². The van der Waals surface area contributed by atoms with E-state index in [1.54, 1.807) is 12.1 Å². The standard InChI is InChI=1S/C49H46F8O5S3/c1-44(2,3)35-27-31-41(32-28-35)63(37-19-11-7-12-20-37,38-21-13-8-14-22-38)61-43(58)46(50,51)47(52,53)48(54,55)49(56,57)65(59,60)62-64(39-23-15-9-16-24-39,40-25-17-10-18-26-40)42-33-29-36(30-34-42)45(4,5)6/h7-34H,1-6H3. The molecule has 0 atom stereocenters. The van der Waals surface area contributed by atoms with Crippen LogP contribution in [0.15, 0.2) is 199 Å². The molecule has 0 heterocycles. The molecule has 0 saturated carbocycles. The summed E-state index contributed by atoms with van der Waals surface area (Å²) in [4.78, 5) is 13.2. The van der Waals surface area contributed by atoms with E-state index in [1.807, 2.05) is 41.5 Å². The molecular weight excluding hydrogens is 917 g/mol. The molecule has 0 saturated heterocycles. The molecule has 0 spiro atoms. The highest BCUT2D eigenvalue weighted by Crippen LogP contribution is 2.73. The molecular formula is C49H46F8O5S3. The number of carbonyl (C=O) groups is 1. The van der Waals surface area contributed by atoms with Gasteiger partial charge in [-0.05, 0) is 115 Å². The topological polar surface area (TPSA) is 69.7 Å². The van der Waals surface area contributed by atoms with E-state index >= 15 is 35.1 Å². The second kappa shape index (κ2) is 17.6. The monoisotopic (exact) mass is 962 g/mol. The molecule has 6 rings (SSSR count). The molecule has 0 aromatic heterocycles. The van der Waals surface area contributed by atoms with Gasteiger partial charge in [-0.25, -0.2) is 8.42 Å². The zero-order valence-electron chi connectivity index (χ0n) is 36.0. The van der Waals surface area contributed by atoms with Crippen LogP contribution in [-0.2, 0) is 33.6 Å². The van der Waals surface area contributed by atoms with Crippen LogP contribution in [0.1, 0.15) is 52.7 Å². The maximum Gasteiger partial charge on any atom is 0.439 e. The molecule has 0 fully saturated rings. The Hall–Kier alpha value is -5.16. The molecule has 0 unspecified atom stereocenters. The van der Waals surface area contributed by atoms with Crippen molar-refractivity contribution in [2.75, 3.05) is 0 Å². The zero-order valence-corrected chi connectivity index (χ0v) is 38.4. The second-order valence-electron chi connectivity index (χ2n) is 17.0. The first kappa shape index (κ1) is 49.3. The average molecular weight is 963 g/mol. The first-order valence-electron chi connectivity index (χ1n) is 20.0. The molecule has 65 heavy (non-hydrogen) atoms. The lowest BCUT2D eigenvalue weighted by Gasteiger charge is -2.43. The van der Waals surface area contributed by atoms with Crippen molar-refractivity contribution in [1.82, 2.24) is 0 Å². The third-order valence-electron chi connectivity index (χ3n) is 10.5. The lowest BCUT2D eigenvalue weighted by atomic mass is 9.87. The van der Waals surface area contributed by atoms with Crippen molar-refractivity contribution in [2.24, 2.45) is 0 Å². The molecule has 0 aliphatic rings. The summed E-state index contributed by atoms with van der Waals surface area (Å²) in [6.45, 7) is 11.2. The predicted molar refractivity (Wildman–Crippen MR) is 237 cm³/mol. The minimum atomic E-state index is -7.54. The largest absolute Gasteiger partial charge is 0.439 e.